The summed E-state index contributed by atoms with van der Waals surface area (Å²) in [6, 6.07) is 3.74. The number of aryl methyl sites for hydroxylation is 1. The van der Waals surface area contributed by atoms with Gasteiger partial charge in [0.05, 0.1) is 0 Å². The van der Waals surface area contributed by atoms with Gasteiger partial charge >= 0.3 is 0 Å². The molecule has 2 nitrogen and oxygen atoms in total. The third-order valence-corrected chi connectivity index (χ3v) is 3.23. The van der Waals surface area contributed by atoms with E-state index in [2.05, 4.69) is 0 Å². The van der Waals surface area contributed by atoms with Gasteiger partial charge in [0, 0.05) is 12.3 Å². The number of furan rings is 1. The molecule has 1 saturated carbocycles. The Bertz CT molecular complexity index is 332. The second-order valence-corrected chi connectivity index (χ2v) is 4.32. The van der Waals surface area contributed by atoms with Gasteiger partial charge in [0.15, 0.2) is 5.76 Å². The molecular weight excluding hydrogens is 188 g/mol. The molecule has 0 bridgehead atoms. The van der Waals surface area contributed by atoms with E-state index in [1.807, 2.05) is 19.1 Å². The van der Waals surface area contributed by atoms with Gasteiger partial charge < -0.3 is 4.42 Å². The first-order chi connectivity index (χ1) is 7.31. The summed E-state index contributed by atoms with van der Waals surface area (Å²) in [4.78, 5) is 12.0. The molecule has 0 unspecified atom stereocenters. The van der Waals surface area contributed by atoms with Crippen LogP contribution in [-0.2, 0) is 6.42 Å². The van der Waals surface area contributed by atoms with Gasteiger partial charge in [-0.15, -0.1) is 0 Å². The minimum atomic E-state index is 0.217. The molecule has 82 valence electrons. The molecule has 1 aromatic heterocycles. The summed E-state index contributed by atoms with van der Waals surface area (Å²) in [6.07, 6.45) is 6.61. The van der Waals surface area contributed by atoms with Crippen LogP contribution in [0.3, 0.4) is 0 Å². The number of carbonyl (C=O) groups is 1. The quantitative estimate of drug-likeness (QED) is 0.707. The highest BCUT2D eigenvalue weighted by molar-refractivity contribution is 5.95. The number of carbonyl (C=O) groups excluding carboxylic acids is 1. The second kappa shape index (κ2) is 4.65. The van der Waals surface area contributed by atoms with E-state index in [9.17, 15) is 4.79 Å². The van der Waals surface area contributed by atoms with Crippen molar-refractivity contribution in [2.24, 2.45) is 5.92 Å². The third kappa shape index (κ3) is 2.31. The molecule has 0 aliphatic heterocycles. The first kappa shape index (κ1) is 10.5. The zero-order valence-electron chi connectivity index (χ0n) is 9.29. The van der Waals surface area contributed by atoms with Crippen LogP contribution in [-0.4, -0.2) is 5.78 Å². The smallest absolute Gasteiger partial charge is 0.201 e. The maximum atomic E-state index is 12.0. The van der Waals surface area contributed by atoms with E-state index in [-0.39, 0.29) is 11.7 Å². The monoisotopic (exact) mass is 206 g/mol. The molecule has 1 heterocycles. The van der Waals surface area contributed by atoms with Crippen molar-refractivity contribution in [1.29, 1.82) is 0 Å². The number of rotatable bonds is 3. The zero-order valence-corrected chi connectivity index (χ0v) is 9.29. The van der Waals surface area contributed by atoms with Gasteiger partial charge in [-0.1, -0.05) is 26.2 Å². The Morgan fingerprint density at radius 2 is 2.07 bits per heavy atom. The number of Topliss-reactive ketones (excluding diaryl/α,β-unsaturated/α-hetero) is 1. The summed E-state index contributed by atoms with van der Waals surface area (Å²) in [5, 5.41) is 0. The van der Waals surface area contributed by atoms with Crippen LogP contribution in [0.25, 0.3) is 0 Å². The second-order valence-electron chi connectivity index (χ2n) is 4.32. The molecule has 0 aromatic carbocycles. The fourth-order valence-electron chi connectivity index (χ4n) is 2.27. The Labute approximate surface area is 90.7 Å². The van der Waals surface area contributed by atoms with E-state index in [0.29, 0.717) is 5.76 Å². The molecule has 1 aliphatic rings. The van der Waals surface area contributed by atoms with Crippen LogP contribution in [0.2, 0.25) is 0 Å². The lowest BCUT2D eigenvalue weighted by Crippen LogP contribution is -2.17. The molecule has 1 aromatic rings. The zero-order chi connectivity index (χ0) is 10.7. The van der Waals surface area contributed by atoms with Crippen molar-refractivity contribution in [3.63, 3.8) is 0 Å². The van der Waals surface area contributed by atoms with Crippen LogP contribution in [0.1, 0.15) is 55.3 Å². The van der Waals surface area contributed by atoms with Crippen LogP contribution < -0.4 is 0 Å². The standard InChI is InChI=1S/C13H18O2/c1-2-11-8-9-12(15-11)13(14)10-6-4-3-5-7-10/h8-10H,2-7H2,1H3. The first-order valence-corrected chi connectivity index (χ1v) is 5.94. The lowest BCUT2D eigenvalue weighted by Gasteiger charge is -2.18. The summed E-state index contributed by atoms with van der Waals surface area (Å²) < 4.78 is 5.50. The van der Waals surface area contributed by atoms with Gasteiger partial charge in [0.2, 0.25) is 5.78 Å². The first-order valence-electron chi connectivity index (χ1n) is 5.94. The van der Waals surface area contributed by atoms with E-state index in [1.165, 1.54) is 19.3 Å². The van der Waals surface area contributed by atoms with E-state index >= 15 is 0 Å². The Balaban J connectivity index is 2.05. The average Bonchev–Trinajstić information content (AvgIpc) is 2.78. The fourth-order valence-corrected chi connectivity index (χ4v) is 2.27. The van der Waals surface area contributed by atoms with E-state index < -0.39 is 0 Å². The largest absolute Gasteiger partial charge is 0.458 e. The molecule has 0 spiro atoms. The SMILES string of the molecule is CCc1ccc(C(=O)C2CCCCC2)o1. The van der Waals surface area contributed by atoms with Crippen molar-refractivity contribution in [2.75, 3.05) is 0 Å². The van der Waals surface area contributed by atoms with Gasteiger partial charge in [-0.05, 0) is 25.0 Å². The Hall–Kier alpha value is -1.05. The number of hydrogen-bond acceptors (Lipinski definition) is 2. The summed E-state index contributed by atoms with van der Waals surface area (Å²) in [5.41, 5.74) is 0. The molecule has 2 rings (SSSR count). The van der Waals surface area contributed by atoms with Crippen molar-refractivity contribution >= 4 is 5.78 Å². The predicted molar refractivity (Wildman–Crippen MR) is 59.0 cm³/mol. The summed E-state index contributed by atoms with van der Waals surface area (Å²) >= 11 is 0. The van der Waals surface area contributed by atoms with E-state index in [4.69, 9.17) is 4.42 Å². The van der Waals surface area contributed by atoms with Crippen molar-refractivity contribution in [3.8, 4) is 0 Å². The Morgan fingerprint density at radius 1 is 1.33 bits per heavy atom. The minimum Gasteiger partial charge on any atom is -0.458 e. The lowest BCUT2D eigenvalue weighted by atomic mass is 9.85. The van der Waals surface area contributed by atoms with Crippen LogP contribution in [0.5, 0.6) is 0 Å². The van der Waals surface area contributed by atoms with E-state index in [0.717, 1.165) is 25.0 Å². The van der Waals surface area contributed by atoms with Crippen molar-refractivity contribution < 1.29 is 9.21 Å². The summed E-state index contributed by atoms with van der Waals surface area (Å²) in [7, 11) is 0. The molecular formula is C13H18O2. The molecule has 0 amide bonds. The molecule has 0 radical (unpaired) electrons. The van der Waals surface area contributed by atoms with Gasteiger partial charge in [-0.2, -0.15) is 0 Å². The van der Waals surface area contributed by atoms with Gasteiger partial charge in [-0.25, -0.2) is 0 Å². The minimum absolute atomic E-state index is 0.217. The topological polar surface area (TPSA) is 30.2 Å². The van der Waals surface area contributed by atoms with Crippen LogP contribution >= 0.6 is 0 Å². The average molecular weight is 206 g/mol. The van der Waals surface area contributed by atoms with Crippen LogP contribution in [0.15, 0.2) is 16.5 Å². The Kier molecular flexibility index (Phi) is 3.24. The summed E-state index contributed by atoms with van der Waals surface area (Å²) in [5.74, 6) is 1.91. The molecule has 15 heavy (non-hydrogen) atoms. The third-order valence-electron chi connectivity index (χ3n) is 3.23. The maximum absolute atomic E-state index is 12.0. The highest BCUT2D eigenvalue weighted by atomic mass is 16.3. The number of ketones is 1. The predicted octanol–water partition coefficient (Wildman–Crippen LogP) is 3.61. The molecule has 1 fully saturated rings. The lowest BCUT2D eigenvalue weighted by molar-refractivity contribution is 0.0859. The molecule has 0 saturated heterocycles. The molecule has 2 heteroatoms. The molecule has 0 atom stereocenters. The van der Waals surface area contributed by atoms with Crippen molar-refractivity contribution in [3.05, 3.63) is 23.7 Å². The maximum Gasteiger partial charge on any atom is 0.201 e. The van der Waals surface area contributed by atoms with Crippen molar-refractivity contribution in [1.82, 2.24) is 0 Å². The molecule has 1 aliphatic carbocycles. The molecule has 0 N–H and O–H groups in total. The van der Waals surface area contributed by atoms with Crippen molar-refractivity contribution in [2.45, 2.75) is 45.4 Å². The van der Waals surface area contributed by atoms with Gasteiger partial charge in [0.1, 0.15) is 5.76 Å². The fraction of sp³-hybridized carbons (Fsp3) is 0.615. The van der Waals surface area contributed by atoms with Crippen LogP contribution in [0.4, 0.5) is 0 Å². The Morgan fingerprint density at radius 3 is 2.67 bits per heavy atom. The summed E-state index contributed by atoms with van der Waals surface area (Å²) in [6.45, 7) is 2.04. The van der Waals surface area contributed by atoms with Gasteiger partial charge in [-0.3, -0.25) is 4.79 Å². The van der Waals surface area contributed by atoms with Gasteiger partial charge in [0.25, 0.3) is 0 Å². The van der Waals surface area contributed by atoms with E-state index in [1.54, 1.807) is 0 Å². The number of hydrogen-bond donors (Lipinski definition) is 0. The van der Waals surface area contributed by atoms with Crippen LogP contribution in [0, 0.1) is 5.92 Å². The highest BCUT2D eigenvalue weighted by Gasteiger charge is 2.24. The normalized spacial score (nSPS) is 17.9. The highest BCUT2D eigenvalue weighted by Crippen LogP contribution is 2.27.